The summed E-state index contributed by atoms with van der Waals surface area (Å²) >= 11 is 1.64. The summed E-state index contributed by atoms with van der Waals surface area (Å²) in [4.78, 5) is 4.24. The summed E-state index contributed by atoms with van der Waals surface area (Å²) in [7, 11) is 0. The third kappa shape index (κ3) is 3.41. The van der Waals surface area contributed by atoms with Gasteiger partial charge in [-0.2, -0.15) is 0 Å². The van der Waals surface area contributed by atoms with Gasteiger partial charge in [0.1, 0.15) is 5.03 Å². The van der Waals surface area contributed by atoms with E-state index in [1.807, 2.05) is 0 Å². The highest BCUT2D eigenvalue weighted by atomic mass is 32.2. The van der Waals surface area contributed by atoms with Crippen molar-refractivity contribution in [2.45, 2.75) is 25.3 Å². The zero-order chi connectivity index (χ0) is 12.0. The van der Waals surface area contributed by atoms with Gasteiger partial charge in [0.05, 0.1) is 5.56 Å². The van der Waals surface area contributed by atoms with Crippen LogP contribution < -0.4 is 5.73 Å². The molecule has 0 aliphatic heterocycles. The largest absolute Gasteiger partial charge is 0.409 e. The molecule has 16 heavy (non-hydrogen) atoms. The lowest BCUT2D eigenvalue weighted by molar-refractivity contribution is 0.318. The molecule has 0 aromatic carbocycles. The Labute approximate surface area is 99.9 Å². The van der Waals surface area contributed by atoms with E-state index in [-0.39, 0.29) is 5.84 Å². The summed E-state index contributed by atoms with van der Waals surface area (Å²) < 4.78 is 0. The second-order valence-corrected chi connectivity index (χ2v) is 4.67. The molecule has 5 heteroatoms. The molecule has 0 aliphatic carbocycles. The maximum atomic E-state index is 8.66. The van der Waals surface area contributed by atoms with E-state index in [2.05, 4.69) is 24.0 Å². The van der Waals surface area contributed by atoms with Gasteiger partial charge in [0.2, 0.25) is 0 Å². The van der Waals surface area contributed by atoms with Gasteiger partial charge >= 0.3 is 0 Å². The van der Waals surface area contributed by atoms with Gasteiger partial charge < -0.3 is 10.9 Å². The minimum absolute atomic E-state index is 0.111. The summed E-state index contributed by atoms with van der Waals surface area (Å²) in [6.45, 7) is 4.35. The number of oxime groups is 1. The predicted molar refractivity (Wildman–Crippen MR) is 66.9 cm³/mol. The normalized spacial score (nSPS) is 13.8. The Morgan fingerprint density at radius 2 is 2.44 bits per heavy atom. The van der Waals surface area contributed by atoms with E-state index in [0.29, 0.717) is 11.5 Å². The Morgan fingerprint density at radius 1 is 1.69 bits per heavy atom. The Balaban J connectivity index is 2.79. The first-order valence-corrected chi connectivity index (χ1v) is 6.23. The van der Waals surface area contributed by atoms with Crippen LogP contribution in [0.4, 0.5) is 0 Å². The molecule has 0 fully saturated rings. The lowest BCUT2D eigenvalue weighted by atomic mass is 10.2. The highest BCUT2D eigenvalue weighted by molar-refractivity contribution is 7.99. The summed E-state index contributed by atoms with van der Waals surface area (Å²) in [5.74, 6) is 1.73. The molecule has 88 valence electrons. The van der Waals surface area contributed by atoms with Crippen molar-refractivity contribution >= 4 is 17.6 Å². The number of hydrogen-bond acceptors (Lipinski definition) is 4. The van der Waals surface area contributed by atoms with Crippen molar-refractivity contribution in [3.63, 3.8) is 0 Å². The van der Waals surface area contributed by atoms with E-state index in [1.54, 1.807) is 30.1 Å². The van der Waals surface area contributed by atoms with Crippen LogP contribution in [0.5, 0.6) is 0 Å². The molecule has 0 bridgehead atoms. The standard InChI is InChI=1S/C11H17N3OS/c1-3-8(2)7-16-11-9(10(12)14-15)5-4-6-13-11/h4-6,8,15H,3,7H2,1-2H3,(H2,12,14). The SMILES string of the molecule is CCC(C)CSc1ncccc1/C(N)=N/O. The van der Waals surface area contributed by atoms with Gasteiger partial charge in [0.25, 0.3) is 0 Å². The Bertz CT molecular complexity index is 368. The van der Waals surface area contributed by atoms with Crippen LogP contribution in [0.3, 0.4) is 0 Å². The van der Waals surface area contributed by atoms with Crippen LogP contribution in [0.2, 0.25) is 0 Å². The van der Waals surface area contributed by atoms with Crippen LogP contribution in [0, 0.1) is 5.92 Å². The van der Waals surface area contributed by atoms with Gasteiger partial charge in [-0.15, -0.1) is 11.8 Å². The summed E-state index contributed by atoms with van der Waals surface area (Å²) in [6.07, 6.45) is 2.85. The molecule has 0 saturated carbocycles. The Kier molecular flexibility index (Phi) is 5.11. The van der Waals surface area contributed by atoms with Crippen molar-refractivity contribution in [1.29, 1.82) is 0 Å². The van der Waals surface area contributed by atoms with Crippen molar-refractivity contribution in [3.05, 3.63) is 23.9 Å². The lowest BCUT2D eigenvalue weighted by Gasteiger charge is -2.09. The maximum absolute atomic E-state index is 8.66. The number of nitrogens with zero attached hydrogens (tertiary/aromatic N) is 2. The first-order valence-electron chi connectivity index (χ1n) is 5.24. The van der Waals surface area contributed by atoms with Crippen LogP contribution in [0.1, 0.15) is 25.8 Å². The topological polar surface area (TPSA) is 71.5 Å². The first kappa shape index (κ1) is 12.8. The number of amidine groups is 1. The van der Waals surface area contributed by atoms with Gasteiger partial charge in [-0.1, -0.05) is 25.4 Å². The zero-order valence-corrected chi connectivity index (χ0v) is 10.4. The number of rotatable bonds is 5. The monoisotopic (exact) mass is 239 g/mol. The zero-order valence-electron chi connectivity index (χ0n) is 9.55. The highest BCUT2D eigenvalue weighted by Crippen LogP contribution is 2.23. The van der Waals surface area contributed by atoms with Crippen molar-refractivity contribution in [2.75, 3.05) is 5.75 Å². The Hall–Kier alpha value is -1.23. The van der Waals surface area contributed by atoms with E-state index in [1.165, 1.54) is 0 Å². The molecule has 1 heterocycles. The minimum atomic E-state index is 0.111. The first-order chi connectivity index (χ1) is 7.69. The van der Waals surface area contributed by atoms with Gasteiger partial charge in [0, 0.05) is 11.9 Å². The van der Waals surface area contributed by atoms with Crippen molar-refractivity contribution in [2.24, 2.45) is 16.8 Å². The van der Waals surface area contributed by atoms with Gasteiger partial charge in [-0.25, -0.2) is 4.98 Å². The van der Waals surface area contributed by atoms with E-state index in [4.69, 9.17) is 10.9 Å². The molecule has 1 aromatic rings. The van der Waals surface area contributed by atoms with Crippen LogP contribution >= 0.6 is 11.8 Å². The number of aromatic nitrogens is 1. The third-order valence-electron chi connectivity index (χ3n) is 2.36. The summed E-state index contributed by atoms with van der Waals surface area (Å²) in [5, 5.41) is 12.5. The van der Waals surface area contributed by atoms with E-state index in [0.717, 1.165) is 17.2 Å². The second kappa shape index (κ2) is 6.37. The van der Waals surface area contributed by atoms with Crippen LogP contribution in [-0.4, -0.2) is 21.8 Å². The molecule has 0 amide bonds. The molecule has 1 aromatic heterocycles. The van der Waals surface area contributed by atoms with Crippen LogP contribution in [0.15, 0.2) is 28.5 Å². The van der Waals surface area contributed by atoms with E-state index < -0.39 is 0 Å². The summed E-state index contributed by atoms with van der Waals surface area (Å²) in [5.41, 5.74) is 6.27. The molecular weight excluding hydrogens is 222 g/mol. The van der Waals surface area contributed by atoms with Crippen molar-refractivity contribution < 1.29 is 5.21 Å². The molecule has 1 atom stereocenters. The molecule has 4 nitrogen and oxygen atoms in total. The van der Waals surface area contributed by atoms with Crippen LogP contribution in [-0.2, 0) is 0 Å². The lowest BCUT2D eigenvalue weighted by Crippen LogP contribution is -2.15. The van der Waals surface area contributed by atoms with E-state index >= 15 is 0 Å². The fraction of sp³-hybridized carbons (Fsp3) is 0.455. The van der Waals surface area contributed by atoms with Crippen molar-refractivity contribution in [1.82, 2.24) is 4.98 Å². The number of pyridine rings is 1. The van der Waals surface area contributed by atoms with Gasteiger partial charge in [-0.3, -0.25) is 0 Å². The van der Waals surface area contributed by atoms with Gasteiger partial charge in [0.15, 0.2) is 5.84 Å². The quantitative estimate of drug-likeness (QED) is 0.272. The molecule has 1 rings (SSSR count). The Morgan fingerprint density at radius 3 is 3.06 bits per heavy atom. The molecule has 0 aliphatic rings. The molecule has 1 unspecified atom stereocenters. The predicted octanol–water partition coefficient (Wildman–Crippen LogP) is 2.31. The molecule has 3 N–H and O–H groups in total. The highest BCUT2D eigenvalue weighted by Gasteiger charge is 2.09. The second-order valence-electron chi connectivity index (χ2n) is 3.67. The molecule has 0 radical (unpaired) electrons. The van der Waals surface area contributed by atoms with Crippen molar-refractivity contribution in [3.8, 4) is 0 Å². The van der Waals surface area contributed by atoms with Gasteiger partial charge in [-0.05, 0) is 18.1 Å². The maximum Gasteiger partial charge on any atom is 0.172 e. The smallest absolute Gasteiger partial charge is 0.172 e. The number of nitrogens with two attached hydrogens (primary N) is 1. The number of thioether (sulfide) groups is 1. The fourth-order valence-electron chi connectivity index (χ4n) is 1.09. The average molecular weight is 239 g/mol. The third-order valence-corrected chi connectivity index (χ3v) is 3.69. The molecule has 0 spiro atoms. The minimum Gasteiger partial charge on any atom is -0.409 e. The van der Waals surface area contributed by atoms with Crippen LogP contribution in [0.25, 0.3) is 0 Å². The molecular formula is C11H17N3OS. The van der Waals surface area contributed by atoms with E-state index in [9.17, 15) is 0 Å². The fourth-order valence-corrected chi connectivity index (χ4v) is 2.24. The molecule has 0 saturated heterocycles. The number of hydrogen-bond donors (Lipinski definition) is 2. The average Bonchev–Trinajstić information content (AvgIpc) is 2.35. The summed E-state index contributed by atoms with van der Waals surface area (Å²) in [6, 6.07) is 3.59.